The van der Waals surface area contributed by atoms with E-state index in [1.165, 1.54) is 18.4 Å². The van der Waals surface area contributed by atoms with Crippen LogP contribution in [0.5, 0.6) is 5.75 Å². The smallest absolute Gasteiger partial charge is 0.119 e. The van der Waals surface area contributed by atoms with Crippen molar-refractivity contribution in [1.82, 2.24) is 5.32 Å². The maximum absolute atomic E-state index is 5.57. The van der Waals surface area contributed by atoms with Crippen LogP contribution in [0.4, 0.5) is 0 Å². The van der Waals surface area contributed by atoms with Crippen molar-refractivity contribution in [1.29, 1.82) is 0 Å². The van der Waals surface area contributed by atoms with E-state index in [1.807, 2.05) is 11.8 Å². The second-order valence-corrected chi connectivity index (χ2v) is 6.26. The van der Waals surface area contributed by atoms with Crippen LogP contribution in [0, 0.1) is 0 Å². The molecule has 0 unspecified atom stereocenters. The largest absolute Gasteiger partial charge is 0.494 e. The van der Waals surface area contributed by atoms with E-state index >= 15 is 0 Å². The highest BCUT2D eigenvalue weighted by Crippen LogP contribution is 2.46. The van der Waals surface area contributed by atoms with Crippen molar-refractivity contribution < 1.29 is 4.74 Å². The summed E-state index contributed by atoms with van der Waals surface area (Å²) < 4.78 is 6.12. The van der Waals surface area contributed by atoms with E-state index in [1.54, 1.807) is 0 Å². The van der Waals surface area contributed by atoms with E-state index in [2.05, 4.69) is 42.8 Å². The van der Waals surface area contributed by atoms with Crippen LogP contribution in [-0.2, 0) is 6.54 Å². The fraction of sp³-hybridized carbons (Fsp3) is 0.600. The van der Waals surface area contributed by atoms with Gasteiger partial charge in [0.25, 0.3) is 0 Å². The van der Waals surface area contributed by atoms with Crippen molar-refractivity contribution in [2.24, 2.45) is 0 Å². The molecule has 100 valence electrons. The van der Waals surface area contributed by atoms with Crippen molar-refractivity contribution in [3.8, 4) is 5.75 Å². The molecule has 18 heavy (non-hydrogen) atoms. The molecule has 0 aromatic heterocycles. The molecule has 1 aromatic rings. The zero-order valence-corrected chi connectivity index (χ0v) is 12.2. The minimum absolute atomic E-state index is 0.546. The van der Waals surface area contributed by atoms with Gasteiger partial charge in [0.1, 0.15) is 5.75 Å². The van der Waals surface area contributed by atoms with Crippen LogP contribution in [-0.4, -0.2) is 24.2 Å². The van der Waals surface area contributed by atoms with Gasteiger partial charge in [-0.05, 0) is 43.2 Å². The maximum Gasteiger partial charge on any atom is 0.119 e. The lowest BCUT2D eigenvalue weighted by Crippen LogP contribution is -2.25. The molecule has 1 N–H and O–H groups in total. The Balaban J connectivity index is 1.72. The molecule has 0 atom stereocenters. The summed E-state index contributed by atoms with van der Waals surface area (Å²) >= 11 is 2.00. The zero-order chi connectivity index (χ0) is 12.8. The Hall–Kier alpha value is -0.670. The fourth-order valence-corrected chi connectivity index (χ4v) is 2.71. The van der Waals surface area contributed by atoms with Gasteiger partial charge >= 0.3 is 0 Å². The molecule has 3 heteroatoms. The van der Waals surface area contributed by atoms with Crippen LogP contribution < -0.4 is 10.1 Å². The summed E-state index contributed by atoms with van der Waals surface area (Å²) in [5, 5.41) is 3.56. The Morgan fingerprint density at radius 1 is 1.28 bits per heavy atom. The van der Waals surface area contributed by atoms with Gasteiger partial charge in [0.15, 0.2) is 0 Å². The van der Waals surface area contributed by atoms with E-state index in [4.69, 9.17) is 4.74 Å². The molecule has 1 aromatic carbocycles. The number of nitrogens with one attached hydrogen (secondary N) is 1. The van der Waals surface area contributed by atoms with Crippen LogP contribution >= 0.6 is 11.8 Å². The third-order valence-electron chi connectivity index (χ3n) is 3.41. The number of rotatable bonds is 8. The van der Waals surface area contributed by atoms with Crippen LogP contribution in [0.1, 0.15) is 31.7 Å². The first-order valence-corrected chi connectivity index (χ1v) is 7.98. The van der Waals surface area contributed by atoms with Crippen molar-refractivity contribution in [3.63, 3.8) is 0 Å². The van der Waals surface area contributed by atoms with Crippen molar-refractivity contribution >= 4 is 11.8 Å². The summed E-state index contributed by atoms with van der Waals surface area (Å²) in [6.45, 7) is 5.00. The molecule has 2 nitrogen and oxygen atoms in total. The first-order valence-electron chi connectivity index (χ1n) is 6.75. The third-order valence-corrected chi connectivity index (χ3v) is 4.83. The lowest BCUT2D eigenvalue weighted by Gasteiger charge is -2.13. The summed E-state index contributed by atoms with van der Waals surface area (Å²) in [5.41, 5.74) is 1.33. The summed E-state index contributed by atoms with van der Waals surface area (Å²) in [5.74, 6) is 0.975. The molecule has 0 saturated heterocycles. The second-order valence-electron chi connectivity index (χ2n) is 4.98. The van der Waals surface area contributed by atoms with Crippen molar-refractivity contribution in [2.45, 2.75) is 37.5 Å². The summed E-state index contributed by atoms with van der Waals surface area (Å²) in [4.78, 5) is 0. The molecule has 0 aliphatic heterocycles. The van der Waals surface area contributed by atoms with E-state index in [0.29, 0.717) is 4.75 Å². The number of hydrogen-bond acceptors (Lipinski definition) is 3. The fourth-order valence-electron chi connectivity index (χ4n) is 1.95. The number of thioether (sulfide) groups is 1. The Morgan fingerprint density at radius 3 is 2.56 bits per heavy atom. The van der Waals surface area contributed by atoms with Gasteiger partial charge in [0, 0.05) is 17.8 Å². The Bertz CT molecular complexity index is 359. The average molecular weight is 265 g/mol. The number of hydrogen-bond donors (Lipinski definition) is 1. The van der Waals surface area contributed by atoms with Gasteiger partial charge in [-0.25, -0.2) is 0 Å². The predicted molar refractivity (Wildman–Crippen MR) is 79.4 cm³/mol. The van der Waals surface area contributed by atoms with Crippen LogP contribution in [0.15, 0.2) is 24.3 Å². The molecule has 0 spiro atoms. The third kappa shape index (κ3) is 3.92. The molecule has 0 amide bonds. The molecular formula is C15H23NOS. The van der Waals surface area contributed by atoms with E-state index in [9.17, 15) is 0 Å². The van der Waals surface area contributed by atoms with Crippen molar-refractivity contribution in [3.05, 3.63) is 29.8 Å². The van der Waals surface area contributed by atoms with E-state index < -0.39 is 0 Å². The molecule has 0 radical (unpaired) electrons. The lowest BCUT2D eigenvalue weighted by molar-refractivity contribution is 0.317. The van der Waals surface area contributed by atoms with Crippen LogP contribution in [0.3, 0.4) is 0 Å². The van der Waals surface area contributed by atoms with Gasteiger partial charge in [0.2, 0.25) is 0 Å². The van der Waals surface area contributed by atoms with Gasteiger partial charge in [0.05, 0.1) is 6.61 Å². The summed E-state index contributed by atoms with van der Waals surface area (Å²) in [6.07, 6.45) is 6.00. The van der Waals surface area contributed by atoms with Crippen molar-refractivity contribution in [2.75, 3.05) is 19.4 Å². The Labute approximate surface area is 114 Å². The summed E-state index contributed by atoms with van der Waals surface area (Å²) in [7, 11) is 0. The summed E-state index contributed by atoms with van der Waals surface area (Å²) in [6, 6.07) is 8.43. The van der Waals surface area contributed by atoms with Gasteiger partial charge in [-0.1, -0.05) is 19.1 Å². The van der Waals surface area contributed by atoms with Gasteiger partial charge in [-0.3, -0.25) is 0 Å². The number of ether oxygens (including phenoxy) is 1. The monoisotopic (exact) mass is 265 g/mol. The number of benzene rings is 1. The highest BCUT2D eigenvalue weighted by Gasteiger charge is 2.41. The van der Waals surface area contributed by atoms with Crippen LogP contribution in [0.2, 0.25) is 0 Å². The van der Waals surface area contributed by atoms with Gasteiger partial charge in [-0.15, -0.1) is 0 Å². The highest BCUT2D eigenvalue weighted by atomic mass is 32.2. The SMILES string of the molecule is CCCOc1ccc(CNCC2(SC)CC2)cc1. The molecule has 1 saturated carbocycles. The highest BCUT2D eigenvalue weighted by molar-refractivity contribution is 8.00. The van der Waals surface area contributed by atoms with Gasteiger partial charge < -0.3 is 10.1 Å². The lowest BCUT2D eigenvalue weighted by atomic mass is 10.2. The second kappa shape index (κ2) is 6.48. The first-order chi connectivity index (χ1) is 8.78. The normalized spacial score (nSPS) is 16.6. The Kier molecular flexibility index (Phi) is 4.95. The molecule has 1 aliphatic rings. The molecule has 0 heterocycles. The molecule has 2 rings (SSSR count). The molecule has 0 bridgehead atoms. The topological polar surface area (TPSA) is 21.3 Å². The Morgan fingerprint density at radius 2 is 2.00 bits per heavy atom. The zero-order valence-electron chi connectivity index (χ0n) is 11.4. The standard InChI is InChI=1S/C15H23NOS/c1-3-10-17-14-6-4-13(5-7-14)11-16-12-15(18-2)8-9-15/h4-7,16H,3,8-12H2,1-2H3. The minimum atomic E-state index is 0.546. The predicted octanol–water partition coefficient (Wildman–Crippen LogP) is 3.46. The molecule has 1 aliphatic carbocycles. The average Bonchev–Trinajstić information content (AvgIpc) is 3.18. The van der Waals surface area contributed by atoms with E-state index in [-0.39, 0.29) is 0 Å². The first kappa shape index (κ1) is 13.8. The van der Waals surface area contributed by atoms with E-state index in [0.717, 1.165) is 31.9 Å². The van der Waals surface area contributed by atoms with Gasteiger partial charge in [-0.2, -0.15) is 11.8 Å². The molecular weight excluding hydrogens is 242 g/mol. The van der Waals surface area contributed by atoms with Crippen LogP contribution in [0.25, 0.3) is 0 Å². The minimum Gasteiger partial charge on any atom is -0.494 e. The quantitative estimate of drug-likeness (QED) is 0.778. The maximum atomic E-state index is 5.57. The molecule has 1 fully saturated rings.